The summed E-state index contributed by atoms with van der Waals surface area (Å²) >= 11 is 0. The Morgan fingerprint density at radius 1 is 1.39 bits per heavy atom. The number of amides is 1. The van der Waals surface area contributed by atoms with E-state index in [0.29, 0.717) is 13.1 Å². The fourth-order valence-corrected chi connectivity index (χ4v) is 2.58. The highest BCUT2D eigenvalue weighted by molar-refractivity contribution is 5.96. The van der Waals surface area contributed by atoms with Crippen LogP contribution in [0.4, 0.5) is 0 Å². The fourth-order valence-electron chi connectivity index (χ4n) is 2.58. The van der Waals surface area contributed by atoms with Crippen LogP contribution in [0.5, 0.6) is 0 Å². The highest BCUT2D eigenvalue weighted by Gasteiger charge is 2.43. The summed E-state index contributed by atoms with van der Waals surface area (Å²) in [5.41, 5.74) is 2.27. The molecule has 3 nitrogen and oxygen atoms in total. The van der Waals surface area contributed by atoms with E-state index in [-0.39, 0.29) is 5.91 Å². The molecule has 0 unspecified atom stereocenters. The number of carbonyl (C=O) groups is 1. The highest BCUT2D eigenvalue weighted by Crippen LogP contribution is 2.28. The molecule has 0 spiro atoms. The van der Waals surface area contributed by atoms with E-state index in [9.17, 15) is 9.90 Å². The van der Waals surface area contributed by atoms with E-state index >= 15 is 0 Å². The molecule has 1 N–H and O–H groups in total. The van der Waals surface area contributed by atoms with Crippen LogP contribution in [0.3, 0.4) is 0 Å². The molecule has 0 aromatic heterocycles. The fraction of sp³-hybridized carbons (Fsp3) is 0.533. The van der Waals surface area contributed by atoms with E-state index in [1.54, 1.807) is 4.90 Å². The van der Waals surface area contributed by atoms with Gasteiger partial charge in [0.2, 0.25) is 0 Å². The number of aryl methyl sites for hydroxylation is 1. The molecule has 1 heterocycles. The molecule has 1 aromatic rings. The van der Waals surface area contributed by atoms with Crippen molar-refractivity contribution in [3.63, 3.8) is 0 Å². The monoisotopic (exact) mass is 247 g/mol. The Labute approximate surface area is 108 Å². The predicted octanol–water partition coefficient (Wildman–Crippen LogP) is 2.29. The highest BCUT2D eigenvalue weighted by atomic mass is 16.3. The number of rotatable bonds is 3. The summed E-state index contributed by atoms with van der Waals surface area (Å²) in [6, 6.07) is 5.78. The summed E-state index contributed by atoms with van der Waals surface area (Å²) in [6.07, 6.45) is 1.71. The Kier molecular flexibility index (Phi) is 3.44. The number of hydrogen-bond donors (Lipinski definition) is 1. The van der Waals surface area contributed by atoms with Gasteiger partial charge in [0.05, 0.1) is 18.7 Å². The van der Waals surface area contributed by atoms with Crippen LogP contribution in [-0.4, -0.2) is 34.6 Å². The molecule has 1 saturated heterocycles. The van der Waals surface area contributed by atoms with Crippen molar-refractivity contribution in [1.29, 1.82) is 0 Å². The quantitative estimate of drug-likeness (QED) is 0.890. The first kappa shape index (κ1) is 13.1. The second kappa shape index (κ2) is 4.73. The Bertz CT molecular complexity index is 462. The number of aliphatic hydroxyl groups is 1. The van der Waals surface area contributed by atoms with Crippen molar-refractivity contribution in [2.45, 2.75) is 39.2 Å². The van der Waals surface area contributed by atoms with Gasteiger partial charge in [0.15, 0.2) is 0 Å². The van der Waals surface area contributed by atoms with Crippen LogP contribution in [-0.2, 0) is 0 Å². The first-order valence-corrected chi connectivity index (χ1v) is 6.55. The zero-order valence-corrected chi connectivity index (χ0v) is 11.4. The SMILES string of the molecule is CCCC1(O)CN(C(=O)c2cccc(C)c2C)C1. The molecule has 1 fully saturated rings. The predicted molar refractivity (Wildman–Crippen MR) is 71.7 cm³/mol. The van der Waals surface area contributed by atoms with Crippen molar-refractivity contribution in [3.8, 4) is 0 Å². The van der Waals surface area contributed by atoms with E-state index in [1.165, 1.54) is 0 Å². The lowest BCUT2D eigenvalue weighted by atomic mass is 9.88. The first-order valence-electron chi connectivity index (χ1n) is 6.55. The van der Waals surface area contributed by atoms with Crippen molar-refractivity contribution >= 4 is 5.91 Å². The van der Waals surface area contributed by atoms with Gasteiger partial charge in [0.1, 0.15) is 0 Å². The van der Waals surface area contributed by atoms with E-state index in [0.717, 1.165) is 29.5 Å². The normalized spacial score (nSPS) is 17.4. The Hall–Kier alpha value is -1.35. The molecule has 1 aliphatic heterocycles. The van der Waals surface area contributed by atoms with Crippen LogP contribution in [0.25, 0.3) is 0 Å². The minimum Gasteiger partial charge on any atom is -0.386 e. The van der Waals surface area contributed by atoms with Gasteiger partial charge in [-0.15, -0.1) is 0 Å². The summed E-state index contributed by atoms with van der Waals surface area (Å²) in [5, 5.41) is 10.1. The zero-order valence-electron chi connectivity index (χ0n) is 11.4. The average Bonchev–Trinajstić information content (AvgIpc) is 2.29. The van der Waals surface area contributed by atoms with Crippen LogP contribution in [0.15, 0.2) is 18.2 Å². The van der Waals surface area contributed by atoms with Gasteiger partial charge in [0, 0.05) is 5.56 Å². The van der Waals surface area contributed by atoms with E-state index in [2.05, 4.69) is 0 Å². The largest absolute Gasteiger partial charge is 0.386 e. The van der Waals surface area contributed by atoms with Crippen LogP contribution < -0.4 is 0 Å². The first-order chi connectivity index (χ1) is 8.47. The molecule has 98 valence electrons. The molecule has 0 radical (unpaired) electrons. The second-order valence-corrected chi connectivity index (χ2v) is 5.38. The third-order valence-corrected chi connectivity index (χ3v) is 3.81. The van der Waals surface area contributed by atoms with E-state index in [1.807, 2.05) is 39.0 Å². The molecule has 3 heteroatoms. The summed E-state index contributed by atoms with van der Waals surface area (Å²) < 4.78 is 0. The minimum atomic E-state index is -0.651. The lowest BCUT2D eigenvalue weighted by Crippen LogP contribution is -2.63. The molecule has 0 saturated carbocycles. The molecular formula is C15H21NO2. The lowest BCUT2D eigenvalue weighted by molar-refractivity contribution is -0.0860. The van der Waals surface area contributed by atoms with Crippen molar-refractivity contribution in [3.05, 3.63) is 34.9 Å². The van der Waals surface area contributed by atoms with Gasteiger partial charge in [-0.1, -0.05) is 25.5 Å². The number of benzene rings is 1. The van der Waals surface area contributed by atoms with Crippen molar-refractivity contribution in [1.82, 2.24) is 4.90 Å². The van der Waals surface area contributed by atoms with Crippen molar-refractivity contribution < 1.29 is 9.90 Å². The van der Waals surface area contributed by atoms with Crippen molar-refractivity contribution in [2.75, 3.05) is 13.1 Å². The smallest absolute Gasteiger partial charge is 0.254 e. The third-order valence-electron chi connectivity index (χ3n) is 3.81. The van der Waals surface area contributed by atoms with Gasteiger partial charge in [-0.3, -0.25) is 4.79 Å². The molecule has 2 rings (SSSR count). The zero-order chi connectivity index (χ0) is 13.3. The second-order valence-electron chi connectivity index (χ2n) is 5.38. The Morgan fingerprint density at radius 3 is 2.67 bits per heavy atom. The average molecular weight is 247 g/mol. The summed E-state index contributed by atoms with van der Waals surface area (Å²) in [5.74, 6) is 0.0389. The standard InChI is InChI=1S/C15H21NO2/c1-4-8-15(18)9-16(10-15)14(17)13-7-5-6-11(2)12(13)3/h5-7,18H,4,8-10H2,1-3H3. The van der Waals surface area contributed by atoms with E-state index < -0.39 is 5.60 Å². The van der Waals surface area contributed by atoms with Crippen molar-refractivity contribution in [2.24, 2.45) is 0 Å². The molecule has 1 aliphatic rings. The van der Waals surface area contributed by atoms with Gasteiger partial charge in [-0.2, -0.15) is 0 Å². The molecule has 18 heavy (non-hydrogen) atoms. The molecular weight excluding hydrogens is 226 g/mol. The maximum Gasteiger partial charge on any atom is 0.254 e. The molecule has 0 atom stereocenters. The number of β-amino-alcohol motifs (C(OH)–C–C–N with tert-alkyl or cyclic N) is 1. The topological polar surface area (TPSA) is 40.5 Å². The number of hydrogen-bond acceptors (Lipinski definition) is 2. The van der Waals surface area contributed by atoms with Gasteiger partial charge < -0.3 is 10.0 Å². The van der Waals surface area contributed by atoms with Crippen LogP contribution >= 0.6 is 0 Å². The number of likely N-dealkylation sites (tertiary alicyclic amines) is 1. The summed E-state index contributed by atoms with van der Waals surface area (Å²) in [7, 11) is 0. The number of nitrogens with zero attached hydrogens (tertiary/aromatic N) is 1. The van der Waals surface area contributed by atoms with Gasteiger partial charge >= 0.3 is 0 Å². The summed E-state index contributed by atoms with van der Waals surface area (Å²) in [6.45, 7) is 6.96. The Balaban J connectivity index is 2.08. The number of carbonyl (C=O) groups excluding carboxylic acids is 1. The Morgan fingerprint density at radius 2 is 2.06 bits per heavy atom. The maximum atomic E-state index is 12.3. The maximum absolute atomic E-state index is 12.3. The van der Waals surface area contributed by atoms with Crippen LogP contribution in [0.1, 0.15) is 41.3 Å². The third kappa shape index (κ3) is 2.27. The van der Waals surface area contributed by atoms with E-state index in [4.69, 9.17) is 0 Å². The van der Waals surface area contributed by atoms with Gasteiger partial charge in [-0.05, 0) is 37.5 Å². The summed E-state index contributed by atoms with van der Waals surface area (Å²) in [4.78, 5) is 14.0. The molecule has 1 aromatic carbocycles. The van der Waals surface area contributed by atoms with Gasteiger partial charge in [0.25, 0.3) is 5.91 Å². The molecule has 0 bridgehead atoms. The van der Waals surface area contributed by atoms with Gasteiger partial charge in [-0.25, -0.2) is 0 Å². The minimum absolute atomic E-state index is 0.0389. The lowest BCUT2D eigenvalue weighted by Gasteiger charge is -2.46. The van der Waals surface area contributed by atoms with Crippen LogP contribution in [0, 0.1) is 13.8 Å². The van der Waals surface area contributed by atoms with Crippen LogP contribution in [0.2, 0.25) is 0 Å². The molecule has 0 aliphatic carbocycles. The molecule has 1 amide bonds.